The molecule has 0 saturated carbocycles. The number of hydrogen-bond acceptors (Lipinski definition) is 3. The summed E-state index contributed by atoms with van der Waals surface area (Å²) in [6.45, 7) is 6.12. The molecule has 0 aromatic heterocycles. The van der Waals surface area contributed by atoms with Gasteiger partial charge in [-0.3, -0.25) is 0 Å². The van der Waals surface area contributed by atoms with E-state index in [4.69, 9.17) is 9.47 Å². The number of rotatable bonds is 6. The maximum Gasteiger partial charge on any atom is 0.127 e. The fraction of sp³-hybridized carbons (Fsp3) is 0.600. The van der Waals surface area contributed by atoms with Crippen LogP contribution in [0, 0.1) is 13.8 Å². The predicted octanol–water partition coefficient (Wildman–Crippen LogP) is 3.16. The van der Waals surface area contributed by atoms with Gasteiger partial charge < -0.3 is 14.6 Å². The Morgan fingerprint density at radius 2 is 1.89 bits per heavy atom. The first-order valence-electron chi connectivity index (χ1n) is 6.41. The number of benzene rings is 1. The molecule has 1 aromatic carbocycles. The Bertz CT molecular complexity index is 388. The lowest BCUT2D eigenvalue weighted by Gasteiger charge is -2.24. The second-order valence-corrected chi connectivity index (χ2v) is 4.64. The molecule has 0 bridgehead atoms. The summed E-state index contributed by atoms with van der Waals surface area (Å²) in [6, 6.07) is 3.93. The van der Waals surface area contributed by atoms with Crippen molar-refractivity contribution in [3.8, 4) is 5.75 Å². The molecule has 0 saturated heterocycles. The van der Waals surface area contributed by atoms with E-state index in [0.29, 0.717) is 0 Å². The van der Waals surface area contributed by atoms with E-state index in [2.05, 4.69) is 6.92 Å². The molecule has 1 N–H and O–H groups in total. The SMILES string of the molecule is CCCC(OC)C(O)c1ccc(C)c(C)c1OC. The van der Waals surface area contributed by atoms with E-state index in [1.54, 1.807) is 14.2 Å². The van der Waals surface area contributed by atoms with Gasteiger partial charge in [-0.1, -0.05) is 25.5 Å². The monoisotopic (exact) mass is 252 g/mol. The smallest absolute Gasteiger partial charge is 0.127 e. The third kappa shape index (κ3) is 3.03. The summed E-state index contributed by atoms with van der Waals surface area (Å²) in [5, 5.41) is 10.4. The van der Waals surface area contributed by atoms with E-state index in [-0.39, 0.29) is 6.10 Å². The van der Waals surface area contributed by atoms with Crippen LogP contribution in [0.1, 0.15) is 42.6 Å². The lowest BCUT2D eigenvalue weighted by molar-refractivity contribution is -0.0189. The molecule has 0 aliphatic heterocycles. The van der Waals surface area contributed by atoms with Gasteiger partial charge in [0.25, 0.3) is 0 Å². The van der Waals surface area contributed by atoms with Gasteiger partial charge in [-0.05, 0) is 31.4 Å². The Balaban J connectivity index is 3.11. The highest BCUT2D eigenvalue weighted by Crippen LogP contribution is 2.33. The summed E-state index contributed by atoms with van der Waals surface area (Å²) in [6.07, 6.45) is 0.964. The summed E-state index contributed by atoms with van der Waals surface area (Å²) in [5.41, 5.74) is 3.04. The Morgan fingerprint density at radius 1 is 1.22 bits per heavy atom. The Hall–Kier alpha value is -1.06. The van der Waals surface area contributed by atoms with E-state index in [1.165, 1.54) is 0 Å². The van der Waals surface area contributed by atoms with Gasteiger partial charge in [0, 0.05) is 12.7 Å². The fourth-order valence-electron chi connectivity index (χ4n) is 2.20. The number of aryl methyl sites for hydroxylation is 1. The van der Waals surface area contributed by atoms with Gasteiger partial charge in [0.15, 0.2) is 0 Å². The molecule has 2 unspecified atom stereocenters. The summed E-state index contributed by atoms with van der Waals surface area (Å²) in [7, 11) is 3.27. The van der Waals surface area contributed by atoms with Crippen LogP contribution in [-0.4, -0.2) is 25.4 Å². The first-order chi connectivity index (χ1) is 8.56. The molecule has 2 atom stereocenters. The molecule has 0 fully saturated rings. The van der Waals surface area contributed by atoms with Gasteiger partial charge in [-0.15, -0.1) is 0 Å². The first-order valence-corrected chi connectivity index (χ1v) is 6.41. The zero-order valence-electron chi connectivity index (χ0n) is 12.0. The quantitative estimate of drug-likeness (QED) is 0.845. The Kier molecular flexibility index (Phi) is 5.63. The molecule has 0 amide bonds. The minimum absolute atomic E-state index is 0.189. The van der Waals surface area contributed by atoms with E-state index >= 15 is 0 Å². The van der Waals surface area contributed by atoms with Gasteiger partial charge >= 0.3 is 0 Å². The molecule has 1 aromatic rings. The minimum Gasteiger partial charge on any atom is -0.496 e. The Labute approximate surface area is 110 Å². The highest BCUT2D eigenvalue weighted by atomic mass is 16.5. The molecule has 0 aliphatic carbocycles. The molecule has 0 heterocycles. The van der Waals surface area contributed by atoms with Gasteiger partial charge in [-0.25, -0.2) is 0 Å². The summed E-state index contributed by atoms with van der Waals surface area (Å²) >= 11 is 0. The van der Waals surface area contributed by atoms with Gasteiger partial charge in [0.05, 0.1) is 13.2 Å². The number of methoxy groups -OCH3 is 2. The largest absolute Gasteiger partial charge is 0.496 e. The molecule has 0 radical (unpaired) electrons. The lowest BCUT2D eigenvalue weighted by atomic mass is 9.96. The van der Waals surface area contributed by atoms with Crippen LogP contribution in [-0.2, 0) is 4.74 Å². The van der Waals surface area contributed by atoms with Crippen LogP contribution in [0.3, 0.4) is 0 Å². The van der Waals surface area contributed by atoms with Crippen molar-refractivity contribution in [3.05, 3.63) is 28.8 Å². The average Bonchev–Trinajstić information content (AvgIpc) is 2.38. The van der Waals surface area contributed by atoms with E-state index in [1.807, 2.05) is 26.0 Å². The first kappa shape index (κ1) is 15.0. The molecule has 18 heavy (non-hydrogen) atoms. The van der Waals surface area contributed by atoms with Crippen LogP contribution < -0.4 is 4.74 Å². The van der Waals surface area contributed by atoms with Crippen molar-refractivity contribution in [2.75, 3.05) is 14.2 Å². The Morgan fingerprint density at radius 3 is 2.39 bits per heavy atom. The van der Waals surface area contributed by atoms with Crippen molar-refractivity contribution >= 4 is 0 Å². The predicted molar refractivity (Wildman–Crippen MR) is 73.1 cm³/mol. The number of ether oxygens (including phenoxy) is 2. The highest BCUT2D eigenvalue weighted by molar-refractivity contribution is 5.46. The number of hydrogen-bond donors (Lipinski definition) is 1. The topological polar surface area (TPSA) is 38.7 Å². The molecule has 3 nitrogen and oxygen atoms in total. The van der Waals surface area contributed by atoms with E-state index in [0.717, 1.165) is 35.3 Å². The van der Waals surface area contributed by atoms with E-state index < -0.39 is 6.10 Å². The fourth-order valence-corrected chi connectivity index (χ4v) is 2.20. The van der Waals surface area contributed by atoms with Crippen LogP contribution in [0.5, 0.6) is 5.75 Å². The minimum atomic E-state index is -0.649. The molecule has 0 aliphatic rings. The van der Waals surface area contributed by atoms with Crippen molar-refractivity contribution < 1.29 is 14.6 Å². The van der Waals surface area contributed by atoms with E-state index in [9.17, 15) is 5.11 Å². The van der Waals surface area contributed by atoms with Crippen LogP contribution in [0.4, 0.5) is 0 Å². The van der Waals surface area contributed by atoms with Crippen LogP contribution >= 0.6 is 0 Å². The van der Waals surface area contributed by atoms with Gasteiger partial charge in [0.2, 0.25) is 0 Å². The van der Waals surface area contributed by atoms with Crippen LogP contribution in [0.15, 0.2) is 12.1 Å². The summed E-state index contributed by atoms with van der Waals surface area (Å²) in [5.74, 6) is 0.764. The second kappa shape index (κ2) is 6.76. The number of aliphatic hydroxyl groups is 1. The average molecular weight is 252 g/mol. The van der Waals surface area contributed by atoms with Crippen molar-refractivity contribution in [1.82, 2.24) is 0 Å². The third-order valence-electron chi connectivity index (χ3n) is 3.46. The van der Waals surface area contributed by atoms with Gasteiger partial charge in [-0.2, -0.15) is 0 Å². The normalized spacial score (nSPS) is 14.3. The van der Waals surface area contributed by atoms with Crippen LogP contribution in [0.2, 0.25) is 0 Å². The maximum absolute atomic E-state index is 10.4. The van der Waals surface area contributed by atoms with Crippen LogP contribution in [0.25, 0.3) is 0 Å². The molecular formula is C15H24O3. The zero-order chi connectivity index (χ0) is 13.7. The standard InChI is InChI=1S/C15H24O3/c1-6-7-13(17-4)14(16)12-9-8-10(2)11(3)15(12)18-5/h8-9,13-14,16H,6-7H2,1-5H3. The van der Waals surface area contributed by atoms with Crippen molar-refractivity contribution in [2.45, 2.75) is 45.8 Å². The lowest BCUT2D eigenvalue weighted by Crippen LogP contribution is -2.21. The molecule has 3 heteroatoms. The summed E-state index contributed by atoms with van der Waals surface area (Å²) < 4.78 is 10.8. The van der Waals surface area contributed by atoms with Gasteiger partial charge in [0.1, 0.15) is 11.9 Å². The van der Waals surface area contributed by atoms with Crippen molar-refractivity contribution in [3.63, 3.8) is 0 Å². The molecule has 0 spiro atoms. The molecule has 1 rings (SSSR count). The number of aliphatic hydroxyl groups excluding tert-OH is 1. The highest BCUT2D eigenvalue weighted by Gasteiger charge is 2.24. The van der Waals surface area contributed by atoms with Crippen molar-refractivity contribution in [2.24, 2.45) is 0 Å². The second-order valence-electron chi connectivity index (χ2n) is 4.64. The van der Waals surface area contributed by atoms with Crippen molar-refractivity contribution in [1.29, 1.82) is 0 Å². The third-order valence-corrected chi connectivity index (χ3v) is 3.46. The molecular weight excluding hydrogens is 228 g/mol. The maximum atomic E-state index is 10.4. The zero-order valence-corrected chi connectivity index (χ0v) is 12.0. The summed E-state index contributed by atoms with van der Waals surface area (Å²) in [4.78, 5) is 0. The molecule has 102 valence electrons.